The van der Waals surface area contributed by atoms with Crippen LogP contribution in [0.4, 0.5) is 5.69 Å². The molecule has 0 radical (unpaired) electrons. The van der Waals surface area contributed by atoms with Crippen LogP contribution in [0.2, 0.25) is 0 Å². The SMILES string of the molecule is CC1CCCC(NC(=O)c2cc(N)cn2C)CC1. The number of nitrogen functional groups attached to an aromatic ring is 1. The number of nitrogens with one attached hydrogen (secondary N) is 1. The number of nitrogens with two attached hydrogens (primary N) is 1. The van der Waals surface area contributed by atoms with Crippen molar-refractivity contribution in [3.05, 3.63) is 18.0 Å². The fraction of sp³-hybridized carbons (Fsp3) is 0.643. The number of carbonyl (C=O) groups is 1. The third kappa shape index (κ3) is 3.06. The van der Waals surface area contributed by atoms with E-state index in [4.69, 9.17) is 5.73 Å². The fourth-order valence-electron chi connectivity index (χ4n) is 2.71. The minimum absolute atomic E-state index is 0.00578. The molecule has 0 bridgehead atoms. The number of hydrogen-bond acceptors (Lipinski definition) is 2. The molecule has 1 fully saturated rings. The Bertz CT molecular complexity index is 425. The van der Waals surface area contributed by atoms with Crippen molar-refractivity contribution in [1.29, 1.82) is 0 Å². The average molecular weight is 249 g/mol. The van der Waals surface area contributed by atoms with E-state index in [-0.39, 0.29) is 5.91 Å². The smallest absolute Gasteiger partial charge is 0.268 e. The fourth-order valence-corrected chi connectivity index (χ4v) is 2.71. The van der Waals surface area contributed by atoms with Crippen molar-refractivity contribution in [3.8, 4) is 0 Å². The van der Waals surface area contributed by atoms with Crippen LogP contribution in [0, 0.1) is 5.92 Å². The molecule has 18 heavy (non-hydrogen) atoms. The Morgan fingerprint density at radius 1 is 1.39 bits per heavy atom. The minimum Gasteiger partial charge on any atom is -0.397 e. The Kier molecular flexibility index (Phi) is 3.94. The first-order chi connectivity index (χ1) is 8.56. The summed E-state index contributed by atoms with van der Waals surface area (Å²) in [5.41, 5.74) is 6.97. The topological polar surface area (TPSA) is 60.1 Å². The molecule has 1 aromatic heterocycles. The van der Waals surface area contributed by atoms with Gasteiger partial charge in [-0.25, -0.2) is 0 Å². The van der Waals surface area contributed by atoms with Gasteiger partial charge in [0.05, 0.1) is 5.69 Å². The number of aromatic nitrogens is 1. The molecule has 1 aliphatic carbocycles. The van der Waals surface area contributed by atoms with Crippen LogP contribution in [0.25, 0.3) is 0 Å². The largest absolute Gasteiger partial charge is 0.397 e. The second-order valence-corrected chi connectivity index (χ2v) is 5.55. The second kappa shape index (κ2) is 5.46. The first-order valence-electron chi connectivity index (χ1n) is 6.79. The van der Waals surface area contributed by atoms with Crippen molar-refractivity contribution in [2.75, 3.05) is 5.73 Å². The van der Waals surface area contributed by atoms with Crippen molar-refractivity contribution >= 4 is 11.6 Å². The van der Waals surface area contributed by atoms with E-state index in [0.29, 0.717) is 17.4 Å². The quantitative estimate of drug-likeness (QED) is 0.790. The van der Waals surface area contributed by atoms with Crippen molar-refractivity contribution in [1.82, 2.24) is 9.88 Å². The highest BCUT2D eigenvalue weighted by Crippen LogP contribution is 2.23. The lowest BCUT2D eigenvalue weighted by molar-refractivity contribution is 0.0925. The Morgan fingerprint density at radius 3 is 2.83 bits per heavy atom. The molecule has 1 heterocycles. The van der Waals surface area contributed by atoms with Gasteiger partial charge in [-0.3, -0.25) is 4.79 Å². The van der Waals surface area contributed by atoms with E-state index in [1.807, 2.05) is 7.05 Å². The summed E-state index contributed by atoms with van der Waals surface area (Å²) in [4.78, 5) is 12.2. The Balaban J connectivity index is 1.96. The molecule has 4 nitrogen and oxygen atoms in total. The molecule has 0 aliphatic heterocycles. The molecular weight excluding hydrogens is 226 g/mol. The highest BCUT2D eigenvalue weighted by molar-refractivity contribution is 5.93. The monoisotopic (exact) mass is 249 g/mol. The van der Waals surface area contributed by atoms with Crippen molar-refractivity contribution in [2.45, 2.75) is 45.1 Å². The average Bonchev–Trinajstić information content (AvgIpc) is 2.51. The van der Waals surface area contributed by atoms with Gasteiger partial charge in [-0.05, 0) is 31.2 Å². The molecule has 0 spiro atoms. The normalized spacial score (nSPS) is 24.6. The summed E-state index contributed by atoms with van der Waals surface area (Å²) in [5, 5.41) is 3.13. The van der Waals surface area contributed by atoms with Crippen LogP contribution in [0.5, 0.6) is 0 Å². The number of nitrogens with zero attached hydrogens (tertiary/aromatic N) is 1. The number of aryl methyl sites for hydroxylation is 1. The lowest BCUT2D eigenvalue weighted by Gasteiger charge is -2.16. The summed E-state index contributed by atoms with van der Waals surface area (Å²) in [7, 11) is 1.85. The van der Waals surface area contributed by atoms with Gasteiger partial charge >= 0.3 is 0 Å². The summed E-state index contributed by atoms with van der Waals surface area (Å²) >= 11 is 0. The van der Waals surface area contributed by atoms with Gasteiger partial charge in [-0.1, -0.05) is 19.8 Å². The zero-order valence-electron chi connectivity index (χ0n) is 11.3. The number of rotatable bonds is 2. The molecule has 2 rings (SSSR count). The maximum atomic E-state index is 12.2. The summed E-state index contributed by atoms with van der Waals surface area (Å²) in [6.45, 7) is 2.29. The van der Waals surface area contributed by atoms with Crippen molar-refractivity contribution in [3.63, 3.8) is 0 Å². The maximum Gasteiger partial charge on any atom is 0.268 e. The summed E-state index contributed by atoms with van der Waals surface area (Å²) in [6.07, 6.45) is 7.65. The maximum absolute atomic E-state index is 12.2. The van der Waals surface area contributed by atoms with Crippen LogP contribution in [0.1, 0.15) is 49.5 Å². The van der Waals surface area contributed by atoms with Gasteiger partial charge in [0.25, 0.3) is 5.91 Å². The first-order valence-corrected chi connectivity index (χ1v) is 6.79. The third-order valence-electron chi connectivity index (χ3n) is 3.85. The van der Waals surface area contributed by atoms with Gasteiger partial charge in [0, 0.05) is 19.3 Å². The number of hydrogen-bond donors (Lipinski definition) is 2. The van der Waals surface area contributed by atoms with Crippen LogP contribution in [-0.4, -0.2) is 16.5 Å². The van der Waals surface area contributed by atoms with E-state index in [9.17, 15) is 4.79 Å². The molecule has 3 N–H and O–H groups in total. The van der Waals surface area contributed by atoms with Gasteiger partial charge < -0.3 is 15.6 Å². The Morgan fingerprint density at radius 2 is 2.17 bits per heavy atom. The van der Waals surface area contributed by atoms with Gasteiger partial charge in [0.15, 0.2) is 0 Å². The lowest BCUT2D eigenvalue weighted by Crippen LogP contribution is -2.35. The van der Waals surface area contributed by atoms with E-state index < -0.39 is 0 Å². The highest BCUT2D eigenvalue weighted by atomic mass is 16.2. The summed E-state index contributed by atoms with van der Waals surface area (Å²) in [6, 6.07) is 2.05. The molecule has 0 aromatic carbocycles. The van der Waals surface area contributed by atoms with Crippen LogP contribution in [0.3, 0.4) is 0 Å². The van der Waals surface area contributed by atoms with E-state index in [0.717, 1.165) is 18.8 Å². The molecule has 1 amide bonds. The second-order valence-electron chi connectivity index (χ2n) is 5.55. The van der Waals surface area contributed by atoms with Crippen LogP contribution < -0.4 is 11.1 Å². The van der Waals surface area contributed by atoms with E-state index in [2.05, 4.69) is 12.2 Å². The van der Waals surface area contributed by atoms with Crippen LogP contribution >= 0.6 is 0 Å². The standard InChI is InChI=1S/C14H23N3O/c1-10-4-3-5-12(7-6-10)16-14(18)13-8-11(15)9-17(13)2/h8-10,12H,3-7,15H2,1-2H3,(H,16,18). The zero-order valence-corrected chi connectivity index (χ0v) is 11.3. The van der Waals surface area contributed by atoms with Crippen molar-refractivity contribution < 1.29 is 4.79 Å². The molecule has 1 aliphatic rings. The Hall–Kier alpha value is -1.45. The van der Waals surface area contributed by atoms with E-state index >= 15 is 0 Å². The van der Waals surface area contributed by atoms with Crippen LogP contribution in [-0.2, 0) is 7.05 Å². The molecule has 1 saturated carbocycles. The highest BCUT2D eigenvalue weighted by Gasteiger charge is 2.19. The zero-order chi connectivity index (χ0) is 13.1. The van der Waals surface area contributed by atoms with E-state index in [1.54, 1.807) is 16.8 Å². The number of carbonyl (C=O) groups excluding carboxylic acids is 1. The molecule has 2 unspecified atom stereocenters. The Labute approximate surface area is 109 Å². The van der Waals surface area contributed by atoms with Gasteiger partial charge in [0.2, 0.25) is 0 Å². The number of amides is 1. The number of anilines is 1. The lowest BCUT2D eigenvalue weighted by atomic mass is 10.0. The summed E-state index contributed by atoms with van der Waals surface area (Å²) in [5.74, 6) is 0.784. The molecule has 100 valence electrons. The summed E-state index contributed by atoms with van der Waals surface area (Å²) < 4.78 is 1.78. The predicted octanol–water partition coefficient (Wildman–Crippen LogP) is 2.31. The van der Waals surface area contributed by atoms with Crippen LogP contribution in [0.15, 0.2) is 12.3 Å². The first kappa shape index (κ1) is 13.0. The molecule has 1 aromatic rings. The van der Waals surface area contributed by atoms with E-state index in [1.165, 1.54) is 19.3 Å². The molecule has 2 atom stereocenters. The molecular formula is C14H23N3O. The molecule has 4 heteroatoms. The van der Waals surface area contributed by atoms with Gasteiger partial charge in [-0.15, -0.1) is 0 Å². The van der Waals surface area contributed by atoms with Gasteiger partial charge in [-0.2, -0.15) is 0 Å². The van der Waals surface area contributed by atoms with Crippen molar-refractivity contribution in [2.24, 2.45) is 13.0 Å². The molecule has 0 saturated heterocycles. The predicted molar refractivity (Wildman–Crippen MR) is 73.3 cm³/mol. The third-order valence-corrected chi connectivity index (χ3v) is 3.85. The van der Waals surface area contributed by atoms with Gasteiger partial charge in [0.1, 0.15) is 5.69 Å². The minimum atomic E-state index is -0.00578.